The molecule has 0 spiro atoms. The van der Waals surface area contributed by atoms with Crippen molar-refractivity contribution in [1.82, 2.24) is 15.3 Å². The number of amides is 1. The summed E-state index contributed by atoms with van der Waals surface area (Å²) in [4.78, 5) is 18.3. The van der Waals surface area contributed by atoms with Crippen LogP contribution in [0.1, 0.15) is 5.82 Å². The van der Waals surface area contributed by atoms with E-state index in [9.17, 15) is 4.79 Å². The van der Waals surface area contributed by atoms with Crippen molar-refractivity contribution in [2.75, 3.05) is 6.61 Å². The van der Waals surface area contributed by atoms with Crippen molar-refractivity contribution in [2.24, 2.45) is 0 Å². The van der Waals surface area contributed by atoms with Gasteiger partial charge in [-0.2, -0.15) is 0 Å². The van der Waals surface area contributed by atoms with Gasteiger partial charge in [-0.15, -0.1) is 0 Å². The molecule has 0 saturated heterocycles. The van der Waals surface area contributed by atoms with Crippen LogP contribution in [-0.4, -0.2) is 22.5 Å². The van der Waals surface area contributed by atoms with Crippen LogP contribution in [0.4, 0.5) is 0 Å². The number of hydrogen-bond acceptors (Lipinski definition) is 3. The lowest BCUT2D eigenvalue weighted by Crippen LogP contribution is -2.28. The molecule has 0 bridgehead atoms. The van der Waals surface area contributed by atoms with Gasteiger partial charge in [0.1, 0.15) is 11.6 Å². The summed E-state index contributed by atoms with van der Waals surface area (Å²) in [6.07, 6.45) is 3.35. The average molecular weight is 231 g/mol. The first-order valence-electron chi connectivity index (χ1n) is 5.27. The maximum atomic E-state index is 11.4. The quantitative estimate of drug-likeness (QED) is 0.809. The van der Waals surface area contributed by atoms with Gasteiger partial charge in [0.05, 0.1) is 6.54 Å². The highest BCUT2D eigenvalue weighted by Gasteiger charge is 2.03. The first-order valence-corrected chi connectivity index (χ1v) is 5.27. The predicted octanol–water partition coefficient (Wildman–Crippen LogP) is 1.10. The molecule has 1 heterocycles. The van der Waals surface area contributed by atoms with Gasteiger partial charge < -0.3 is 15.0 Å². The number of aromatic amines is 1. The lowest BCUT2D eigenvalue weighted by Gasteiger charge is -2.06. The van der Waals surface area contributed by atoms with Crippen molar-refractivity contribution < 1.29 is 9.53 Å². The summed E-state index contributed by atoms with van der Waals surface area (Å²) in [6, 6.07) is 9.22. The van der Waals surface area contributed by atoms with Crippen LogP contribution in [0.2, 0.25) is 0 Å². The first kappa shape index (κ1) is 11.2. The molecule has 0 atom stereocenters. The van der Waals surface area contributed by atoms with E-state index < -0.39 is 0 Å². The number of imidazole rings is 1. The molecule has 0 radical (unpaired) electrons. The predicted molar refractivity (Wildman–Crippen MR) is 62.4 cm³/mol. The van der Waals surface area contributed by atoms with Crippen molar-refractivity contribution in [3.63, 3.8) is 0 Å². The molecule has 2 aromatic rings. The third-order valence-corrected chi connectivity index (χ3v) is 2.12. The molecule has 0 saturated carbocycles. The minimum atomic E-state index is -0.176. The topological polar surface area (TPSA) is 67.0 Å². The Hall–Kier alpha value is -2.30. The number of carbonyl (C=O) groups excluding carboxylic acids is 1. The van der Waals surface area contributed by atoms with E-state index >= 15 is 0 Å². The summed E-state index contributed by atoms with van der Waals surface area (Å²) in [5, 5.41) is 2.70. The van der Waals surface area contributed by atoms with Crippen LogP contribution >= 0.6 is 0 Å². The zero-order chi connectivity index (χ0) is 11.9. The van der Waals surface area contributed by atoms with Crippen molar-refractivity contribution >= 4 is 5.91 Å². The van der Waals surface area contributed by atoms with Gasteiger partial charge in [-0.3, -0.25) is 4.79 Å². The minimum Gasteiger partial charge on any atom is -0.484 e. The number of nitrogens with zero attached hydrogens (tertiary/aromatic N) is 1. The Morgan fingerprint density at radius 1 is 1.35 bits per heavy atom. The number of para-hydroxylation sites is 1. The van der Waals surface area contributed by atoms with E-state index in [0.29, 0.717) is 12.3 Å². The standard InChI is InChI=1S/C12H13N3O2/c16-12(15-8-11-13-6-7-14-11)9-17-10-4-2-1-3-5-10/h1-7H,8-9H2,(H,13,14)(H,15,16). The number of ether oxygens (including phenoxy) is 1. The van der Waals surface area contributed by atoms with Gasteiger partial charge in [0, 0.05) is 12.4 Å². The van der Waals surface area contributed by atoms with Crippen LogP contribution < -0.4 is 10.1 Å². The number of H-pyrrole nitrogens is 1. The number of carbonyl (C=O) groups is 1. The summed E-state index contributed by atoms with van der Waals surface area (Å²) < 4.78 is 5.30. The van der Waals surface area contributed by atoms with Gasteiger partial charge in [-0.25, -0.2) is 4.98 Å². The molecule has 0 aliphatic heterocycles. The normalized spacial score (nSPS) is 9.88. The fourth-order valence-electron chi connectivity index (χ4n) is 1.29. The van der Waals surface area contributed by atoms with Crippen LogP contribution in [-0.2, 0) is 11.3 Å². The molecule has 5 nitrogen and oxygen atoms in total. The van der Waals surface area contributed by atoms with E-state index in [-0.39, 0.29) is 12.5 Å². The number of benzene rings is 1. The van der Waals surface area contributed by atoms with Crippen LogP contribution in [0.25, 0.3) is 0 Å². The van der Waals surface area contributed by atoms with Gasteiger partial charge in [0.15, 0.2) is 6.61 Å². The molecular weight excluding hydrogens is 218 g/mol. The molecule has 17 heavy (non-hydrogen) atoms. The van der Waals surface area contributed by atoms with Crippen molar-refractivity contribution in [1.29, 1.82) is 0 Å². The molecule has 1 aromatic heterocycles. The summed E-state index contributed by atoms with van der Waals surface area (Å²) >= 11 is 0. The van der Waals surface area contributed by atoms with Gasteiger partial charge in [-0.1, -0.05) is 18.2 Å². The average Bonchev–Trinajstić information content (AvgIpc) is 2.88. The van der Waals surface area contributed by atoms with E-state index in [4.69, 9.17) is 4.74 Å². The van der Waals surface area contributed by atoms with Crippen molar-refractivity contribution in [2.45, 2.75) is 6.54 Å². The molecule has 2 rings (SSSR count). The number of hydrogen-bond donors (Lipinski definition) is 2. The van der Waals surface area contributed by atoms with Crippen LogP contribution in [0.5, 0.6) is 5.75 Å². The van der Waals surface area contributed by atoms with E-state index in [0.717, 1.165) is 5.82 Å². The Morgan fingerprint density at radius 3 is 2.88 bits per heavy atom. The lowest BCUT2D eigenvalue weighted by molar-refractivity contribution is -0.123. The van der Waals surface area contributed by atoms with Gasteiger partial charge in [0.25, 0.3) is 5.91 Å². The Morgan fingerprint density at radius 2 is 2.18 bits per heavy atom. The molecule has 1 aromatic carbocycles. The van der Waals surface area contributed by atoms with Crippen LogP contribution in [0.3, 0.4) is 0 Å². The molecule has 2 N–H and O–H groups in total. The Kier molecular flexibility index (Phi) is 3.75. The molecule has 0 fully saturated rings. The fourth-order valence-corrected chi connectivity index (χ4v) is 1.29. The first-order chi connectivity index (χ1) is 8.34. The zero-order valence-electron chi connectivity index (χ0n) is 9.22. The van der Waals surface area contributed by atoms with E-state index in [1.54, 1.807) is 24.5 Å². The highest BCUT2D eigenvalue weighted by Crippen LogP contribution is 2.07. The SMILES string of the molecule is O=C(COc1ccccc1)NCc1ncc[nH]1. The van der Waals surface area contributed by atoms with Gasteiger partial charge >= 0.3 is 0 Å². The van der Waals surface area contributed by atoms with E-state index in [2.05, 4.69) is 15.3 Å². The van der Waals surface area contributed by atoms with E-state index in [1.807, 2.05) is 18.2 Å². The minimum absolute atomic E-state index is 0.00468. The van der Waals surface area contributed by atoms with Crippen LogP contribution in [0.15, 0.2) is 42.7 Å². The Balaban J connectivity index is 1.71. The number of nitrogens with one attached hydrogen (secondary N) is 2. The second-order valence-electron chi connectivity index (χ2n) is 3.41. The van der Waals surface area contributed by atoms with Crippen molar-refractivity contribution in [3.8, 4) is 5.75 Å². The Bertz CT molecular complexity index is 454. The molecule has 0 aliphatic rings. The highest BCUT2D eigenvalue weighted by atomic mass is 16.5. The van der Waals surface area contributed by atoms with Crippen LogP contribution in [0, 0.1) is 0 Å². The maximum absolute atomic E-state index is 11.4. The van der Waals surface area contributed by atoms with Gasteiger partial charge in [-0.05, 0) is 12.1 Å². The second kappa shape index (κ2) is 5.69. The summed E-state index contributed by atoms with van der Waals surface area (Å²) in [5.74, 6) is 1.23. The molecule has 88 valence electrons. The summed E-state index contributed by atoms with van der Waals surface area (Å²) in [5.41, 5.74) is 0. The number of rotatable bonds is 5. The number of aromatic nitrogens is 2. The largest absolute Gasteiger partial charge is 0.484 e. The monoisotopic (exact) mass is 231 g/mol. The smallest absolute Gasteiger partial charge is 0.258 e. The lowest BCUT2D eigenvalue weighted by atomic mass is 10.3. The highest BCUT2D eigenvalue weighted by molar-refractivity contribution is 5.77. The third kappa shape index (κ3) is 3.64. The maximum Gasteiger partial charge on any atom is 0.258 e. The second-order valence-corrected chi connectivity index (χ2v) is 3.41. The zero-order valence-corrected chi connectivity index (χ0v) is 9.22. The summed E-state index contributed by atoms with van der Waals surface area (Å²) in [6.45, 7) is 0.384. The molecular formula is C12H13N3O2. The fraction of sp³-hybridized carbons (Fsp3) is 0.167. The molecule has 1 amide bonds. The Labute approximate surface area is 98.8 Å². The molecule has 0 aliphatic carbocycles. The molecule has 5 heteroatoms. The summed E-state index contributed by atoms with van der Waals surface area (Å²) in [7, 11) is 0. The van der Waals surface area contributed by atoms with E-state index in [1.165, 1.54) is 0 Å². The molecule has 0 unspecified atom stereocenters. The van der Waals surface area contributed by atoms with Gasteiger partial charge in [0.2, 0.25) is 0 Å². The van der Waals surface area contributed by atoms with Crippen molar-refractivity contribution in [3.05, 3.63) is 48.5 Å². The third-order valence-electron chi connectivity index (χ3n) is 2.12.